The van der Waals surface area contributed by atoms with Crippen LogP contribution in [-0.4, -0.2) is 17.8 Å². The minimum absolute atomic E-state index is 0.247. The average Bonchev–Trinajstić information content (AvgIpc) is 3.06. The molecule has 1 atom stereocenters. The predicted molar refractivity (Wildman–Crippen MR) is 78.0 cm³/mol. The summed E-state index contributed by atoms with van der Waals surface area (Å²) in [5.74, 6) is 1.03. The third kappa shape index (κ3) is 3.17. The van der Waals surface area contributed by atoms with Crippen LogP contribution in [-0.2, 0) is 19.3 Å². The lowest BCUT2D eigenvalue weighted by atomic mass is 10.0. The molecule has 1 aromatic heterocycles. The minimum Gasteiger partial charge on any atom is -0.493 e. The van der Waals surface area contributed by atoms with E-state index in [1.807, 2.05) is 6.07 Å². The zero-order valence-corrected chi connectivity index (χ0v) is 11.7. The molecule has 0 saturated heterocycles. The van der Waals surface area contributed by atoms with Crippen molar-refractivity contribution in [3.05, 3.63) is 51.7 Å². The standard InChI is InChI=1S/C16H18O2S/c17-14(11-15-2-1-9-19-15)5-3-12-4-6-16-13(10-12)7-8-18-16/h1-2,4,6,9-10,14,17H,3,5,7-8,11H2. The van der Waals surface area contributed by atoms with Crippen LogP contribution < -0.4 is 4.74 Å². The van der Waals surface area contributed by atoms with Gasteiger partial charge in [0.2, 0.25) is 0 Å². The van der Waals surface area contributed by atoms with Gasteiger partial charge < -0.3 is 9.84 Å². The lowest BCUT2D eigenvalue weighted by Crippen LogP contribution is -2.10. The second kappa shape index (κ2) is 5.76. The lowest BCUT2D eigenvalue weighted by molar-refractivity contribution is 0.166. The van der Waals surface area contributed by atoms with Crippen molar-refractivity contribution in [2.45, 2.75) is 31.8 Å². The molecular formula is C16H18O2S. The Morgan fingerprint density at radius 1 is 1.32 bits per heavy atom. The van der Waals surface area contributed by atoms with E-state index in [4.69, 9.17) is 4.74 Å². The summed E-state index contributed by atoms with van der Waals surface area (Å²) in [4.78, 5) is 1.26. The maximum absolute atomic E-state index is 10.1. The molecular weight excluding hydrogens is 256 g/mol. The number of fused-ring (bicyclic) bond motifs is 1. The Balaban J connectivity index is 1.54. The molecule has 3 heteroatoms. The molecule has 0 aliphatic carbocycles. The molecule has 1 aliphatic rings. The molecule has 2 aromatic rings. The van der Waals surface area contributed by atoms with E-state index in [0.717, 1.165) is 38.0 Å². The fourth-order valence-corrected chi connectivity index (χ4v) is 3.27. The molecule has 1 aliphatic heterocycles. The first-order chi connectivity index (χ1) is 9.31. The van der Waals surface area contributed by atoms with Crippen LogP contribution in [0, 0.1) is 0 Å². The molecule has 0 radical (unpaired) electrons. The molecule has 1 aromatic carbocycles. The maximum Gasteiger partial charge on any atom is 0.122 e. The van der Waals surface area contributed by atoms with E-state index in [1.54, 1.807) is 11.3 Å². The van der Waals surface area contributed by atoms with E-state index in [0.29, 0.717) is 0 Å². The van der Waals surface area contributed by atoms with Gasteiger partial charge in [-0.3, -0.25) is 0 Å². The average molecular weight is 274 g/mol. The van der Waals surface area contributed by atoms with Crippen LogP contribution in [0.2, 0.25) is 0 Å². The van der Waals surface area contributed by atoms with Gasteiger partial charge in [0.05, 0.1) is 12.7 Å². The highest BCUT2D eigenvalue weighted by atomic mass is 32.1. The number of rotatable bonds is 5. The highest BCUT2D eigenvalue weighted by molar-refractivity contribution is 7.09. The van der Waals surface area contributed by atoms with E-state index in [1.165, 1.54) is 16.0 Å². The normalized spacial score (nSPS) is 15.0. The predicted octanol–water partition coefficient (Wildman–Crippen LogP) is 3.22. The number of benzene rings is 1. The number of hydrogen-bond donors (Lipinski definition) is 1. The van der Waals surface area contributed by atoms with Crippen molar-refractivity contribution in [3.8, 4) is 5.75 Å². The van der Waals surface area contributed by atoms with E-state index in [2.05, 4.69) is 29.6 Å². The van der Waals surface area contributed by atoms with Crippen molar-refractivity contribution in [3.63, 3.8) is 0 Å². The van der Waals surface area contributed by atoms with Crippen LogP contribution in [0.5, 0.6) is 5.75 Å². The third-order valence-corrected chi connectivity index (χ3v) is 4.44. The minimum atomic E-state index is -0.247. The smallest absolute Gasteiger partial charge is 0.122 e. The van der Waals surface area contributed by atoms with Gasteiger partial charge in [-0.05, 0) is 41.5 Å². The molecule has 0 saturated carbocycles. The fourth-order valence-electron chi connectivity index (χ4n) is 2.49. The van der Waals surface area contributed by atoms with E-state index in [-0.39, 0.29) is 6.10 Å². The molecule has 1 N–H and O–H groups in total. The van der Waals surface area contributed by atoms with Gasteiger partial charge in [0.1, 0.15) is 5.75 Å². The van der Waals surface area contributed by atoms with Crippen LogP contribution >= 0.6 is 11.3 Å². The maximum atomic E-state index is 10.1. The molecule has 1 unspecified atom stereocenters. The number of aliphatic hydroxyl groups is 1. The molecule has 0 amide bonds. The lowest BCUT2D eigenvalue weighted by Gasteiger charge is -2.10. The van der Waals surface area contributed by atoms with Gasteiger partial charge in [0, 0.05) is 17.7 Å². The van der Waals surface area contributed by atoms with Gasteiger partial charge in [-0.25, -0.2) is 0 Å². The fraction of sp³-hybridized carbons (Fsp3) is 0.375. The Labute approximate surface area is 117 Å². The summed E-state index contributed by atoms with van der Waals surface area (Å²) < 4.78 is 5.50. The Hall–Kier alpha value is -1.32. The molecule has 2 heterocycles. The number of aryl methyl sites for hydroxylation is 1. The summed E-state index contributed by atoms with van der Waals surface area (Å²) >= 11 is 1.71. The zero-order valence-electron chi connectivity index (χ0n) is 10.8. The highest BCUT2D eigenvalue weighted by Crippen LogP contribution is 2.26. The Morgan fingerprint density at radius 2 is 2.26 bits per heavy atom. The Kier molecular flexibility index (Phi) is 3.85. The van der Waals surface area contributed by atoms with Gasteiger partial charge in [-0.15, -0.1) is 11.3 Å². The molecule has 100 valence electrons. The summed E-state index contributed by atoms with van der Waals surface area (Å²) in [7, 11) is 0. The summed E-state index contributed by atoms with van der Waals surface area (Å²) in [6.45, 7) is 0.805. The van der Waals surface area contributed by atoms with Gasteiger partial charge >= 0.3 is 0 Å². The second-order valence-corrected chi connectivity index (χ2v) is 6.05. The zero-order chi connectivity index (χ0) is 13.1. The number of ether oxygens (including phenoxy) is 1. The summed E-state index contributed by atoms with van der Waals surface area (Å²) in [6.07, 6.45) is 3.28. The largest absolute Gasteiger partial charge is 0.493 e. The number of aliphatic hydroxyl groups excluding tert-OH is 1. The second-order valence-electron chi connectivity index (χ2n) is 5.02. The van der Waals surface area contributed by atoms with Crippen LogP contribution in [0.1, 0.15) is 22.4 Å². The van der Waals surface area contributed by atoms with E-state index in [9.17, 15) is 5.11 Å². The topological polar surface area (TPSA) is 29.5 Å². The summed E-state index contributed by atoms with van der Waals surface area (Å²) in [5, 5.41) is 12.1. The Morgan fingerprint density at radius 3 is 3.11 bits per heavy atom. The number of hydrogen-bond acceptors (Lipinski definition) is 3. The van der Waals surface area contributed by atoms with Gasteiger partial charge in [0.25, 0.3) is 0 Å². The van der Waals surface area contributed by atoms with Crippen LogP contribution in [0.3, 0.4) is 0 Å². The quantitative estimate of drug-likeness (QED) is 0.907. The first-order valence-corrected chi connectivity index (χ1v) is 7.64. The van der Waals surface area contributed by atoms with Crippen LogP contribution in [0.15, 0.2) is 35.7 Å². The molecule has 19 heavy (non-hydrogen) atoms. The van der Waals surface area contributed by atoms with Crippen molar-refractivity contribution in [1.29, 1.82) is 0 Å². The first kappa shape index (κ1) is 12.7. The van der Waals surface area contributed by atoms with Crippen molar-refractivity contribution in [2.24, 2.45) is 0 Å². The van der Waals surface area contributed by atoms with Crippen molar-refractivity contribution >= 4 is 11.3 Å². The Bertz CT molecular complexity index is 534. The monoisotopic (exact) mass is 274 g/mol. The van der Waals surface area contributed by atoms with Crippen molar-refractivity contribution < 1.29 is 9.84 Å². The third-order valence-electron chi connectivity index (χ3n) is 3.54. The van der Waals surface area contributed by atoms with Gasteiger partial charge in [0.15, 0.2) is 0 Å². The molecule has 0 fully saturated rings. The molecule has 0 bridgehead atoms. The van der Waals surface area contributed by atoms with Crippen LogP contribution in [0.25, 0.3) is 0 Å². The highest BCUT2D eigenvalue weighted by Gasteiger charge is 2.13. The van der Waals surface area contributed by atoms with Crippen molar-refractivity contribution in [1.82, 2.24) is 0 Å². The molecule has 2 nitrogen and oxygen atoms in total. The number of thiophene rings is 1. The molecule has 0 spiro atoms. The van der Waals surface area contributed by atoms with Gasteiger partial charge in [-0.2, -0.15) is 0 Å². The SMILES string of the molecule is OC(CCc1ccc2c(c1)CCO2)Cc1cccs1. The van der Waals surface area contributed by atoms with Gasteiger partial charge in [-0.1, -0.05) is 18.2 Å². The van der Waals surface area contributed by atoms with Crippen LogP contribution in [0.4, 0.5) is 0 Å². The van der Waals surface area contributed by atoms with E-state index < -0.39 is 0 Å². The summed E-state index contributed by atoms with van der Waals surface area (Å²) in [5.41, 5.74) is 2.61. The van der Waals surface area contributed by atoms with E-state index >= 15 is 0 Å². The summed E-state index contributed by atoms with van der Waals surface area (Å²) in [6, 6.07) is 10.5. The molecule has 3 rings (SSSR count). The van der Waals surface area contributed by atoms with Crippen molar-refractivity contribution in [2.75, 3.05) is 6.61 Å². The first-order valence-electron chi connectivity index (χ1n) is 6.76.